The molecule has 1 heterocycles. The molecule has 0 aromatic rings. The Morgan fingerprint density at radius 1 is 1.58 bits per heavy atom. The second kappa shape index (κ2) is 10.3. The molecule has 0 fully saturated rings. The molecule has 0 saturated heterocycles. The zero-order valence-corrected chi connectivity index (χ0v) is 13.8. The molecule has 1 aliphatic rings. The molecule has 0 amide bonds. The third kappa shape index (κ3) is 5.94. The van der Waals surface area contributed by atoms with Gasteiger partial charge >= 0.3 is 5.97 Å². The third-order valence-electron chi connectivity index (χ3n) is 3.54. The smallest absolute Gasteiger partial charge is 0.370 e. The molecule has 10 heteroatoms. The van der Waals surface area contributed by atoms with E-state index in [1.165, 1.54) is 13.2 Å². The van der Waals surface area contributed by atoms with Gasteiger partial charge in [-0.25, -0.2) is 9.79 Å². The normalized spacial score (nSPS) is 24.8. The van der Waals surface area contributed by atoms with E-state index >= 15 is 0 Å². The van der Waals surface area contributed by atoms with E-state index in [2.05, 4.69) is 4.99 Å². The van der Waals surface area contributed by atoms with Gasteiger partial charge in [0.2, 0.25) is 5.76 Å². The molecule has 24 heavy (non-hydrogen) atoms. The summed E-state index contributed by atoms with van der Waals surface area (Å²) in [5.41, 5.74) is 10.8. The quantitative estimate of drug-likeness (QED) is 0.235. The number of rotatable bonds is 6. The first-order valence-electron chi connectivity index (χ1n) is 7.17. The lowest BCUT2D eigenvalue weighted by Crippen LogP contribution is -2.49. The molecule has 0 aliphatic carbocycles. The van der Waals surface area contributed by atoms with Gasteiger partial charge in [0.15, 0.2) is 5.96 Å². The minimum atomic E-state index is -1.22. The number of methoxy groups -OCH3 is 1. The first-order chi connectivity index (χ1) is 11.2. The van der Waals surface area contributed by atoms with Gasteiger partial charge in [-0.2, -0.15) is 5.26 Å². The number of aliphatic imine (C=N–C) groups is 1. The molecule has 0 aromatic carbocycles. The lowest BCUT2D eigenvalue weighted by Gasteiger charge is -2.38. The van der Waals surface area contributed by atoms with E-state index in [0.29, 0.717) is 6.42 Å². The van der Waals surface area contributed by atoms with Crippen molar-refractivity contribution in [1.82, 2.24) is 0 Å². The summed E-state index contributed by atoms with van der Waals surface area (Å²) in [5.74, 6) is -1.87. The van der Waals surface area contributed by atoms with E-state index in [1.807, 2.05) is 6.92 Å². The van der Waals surface area contributed by atoms with E-state index < -0.39 is 30.3 Å². The zero-order chi connectivity index (χ0) is 18.9. The van der Waals surface area contributed by atoms with E-state index in [9.17, 15) is 9.90 Å². The highest BCUT2D eigenvalue weighted by Gasteiger charge is 2.41. The molecule has 1 aliphatic heterocycles. The second-order valence-corrected chi connectivity index (χ2v) is 5.10. The van der Waals surface area contributed by atoms with E-state index in [0.717, 1.165) is 6.26 Å². The molecular weight excluding hydrogens is 320 g/mol. The van der Waals surface area contributed by atoms with Gasteiger partial charge in [-0.15, -0.1) is 0 Å². The molecule has 0 radical (unpaired) electrons. The number of carboxylic acid groups (broad SMARTS) is 1. The Morgan fingerprint density at radius 3 is 2.50 bits per heavy atom. The molecule has 0 aromatic heterocycles. The largest absolute Gasteiger partial charge is 0.480 e. The van der Waals surface area contributed by atoms with Gasteiger partial charge in [0.1, 0.15) is 12.2 Å². The molecule has 10 nitrogen and oxygen atoms in total. The SMILES string of the molecule is CC[C@@H](O)[C@@H](OC)[C@@H]1OC(C(=O)O)=C[C@H](N=C(N)N)[C@H]1C.N#CO. The predicted molar refractivity (Wildman–Crippen MR) is 84.0 cm³/mol. The Kier molecular flexibility index (Phi) is 9.22. The van der Waals surface area contributed by atoms with Crippen LogP contribution in [0.15, 0.2) is 16.8 Å². The van der Waals surface area contributed by atoms with Crippen LogP contribution in [0.25, 0.3) is 0 Å². The Labute approximate surface area is 140 Å². The molecule has 1 rings (SSSR count). The van der Waals surface area contributed by atoms with Crippen LogP contribution in [0.1, 0.15) is 20.3 Å². The van der Waals surface area contributed by atoms with Crippen molar-refractivity contribution < 1.29 is 29.6 Å². The van der Waals surface area contributed by atoms with Crippen LogP contribution in [-0.4, -0.2) is 58.7 Å². The van der Waals surface area contributed by atoms with Crippen molar-refractivity contribution in [3.05, 3.63) is 11.8 Å². The van der Waals surface area contributed by atoms with Gasteiger partial charge in [-0.3, -0.25) is 0 Å². The average Bonchev–Trinajstić information content (AvgIpc) is 2.51. The summed E-state index contributed by atoms with van der Waals surface area (Å²) in [6.07, 6.45) is 0.424. The highest BCUT2D eigenvalue weighted by molar-refractivity contribution is 5.85. The maximum absolute atomic E-state index is 11.2. The van der Waals surface area contributed by atoms with Crippen LogP contribution in [0.5, 0.6) is 0 Å². The molecule has 0 bridgehead atoms. The van der Waals surface area contributed by atoms with Crippen LogP contribution in [0, 0.1) is 17.4 Å². The lowest BCUT2D eigenvalue weighted by atomic mass is 9.87. The van der Waals surface area contributed by atoms with Gasteiger partial charge in [0.25, 0.3) is 6.26 Å². The van der Waals surface area contributed by atoms with Gasteiger partial charge in [0.05, 0.1) is 12.1 Å². The monoisotopic (exact) mass is 344 g/mol. The number of ether oxygens (including phenoxy) is 2. The molecule has 136 valence electrons. The van der Waals surface area contributed by atoms with Crippen molar-refractivity contribution in [1.29, 1.82) is 5.26 Å². The van der Waals surface area contributed by atoms with Crippen LogP contribution in [0.4, 0.5) is 0 Å². The Morgan fingerprint density at radius 2 is 2.12 bits per heavy atom. The van der Waals surface area contributed by atoms with Gasteiger partial charge in [-0.05, 0) is 12.5 Å². The Hall–Kier alpha value is -2.51. The molecule has 7 N–H and O–H groups in total. The van der Waals surface area contributed by atoms with Crippen molar-refractivity contribution in [3.8, 4) is 6.26 Å². The van der Waals surface area contributed by atoms with E-state index in [-0.39, 0.29) is 17.6 Å². The van der Waals surface area contributed by atoms with Crippen molar-refractivity contribution in [2.24, 2.45) is 22.4 Å². The molecular formula is C14H24N4O6. The number of hydrogen-bond donors (Lipinski definition) is 5. The second-order valence-electron chi connectivity index (χ2n) is 5.10. The Balaban J connectivity index is 0.00000163. The maximum Gasteiger partial charge on any atom is 0.370 e. The topological polar surface area (TPSA) is 184 Å². The van der Waals surface area contributed by atoms with Crippen molar-refractivity contribution in [3.63, 3.8) is 0 Å². The van der Waals surface area contributed by atoms with Gasteiger partial charge in [0, 0.05) is 13.0 Å². The number of aliphatic hydroxyl groups is 2. The predicted octanol–water partition coefficient (Wildman–Crippen LogP) is -0.742. The summed E-state index contributed by atoms with van der Waals surface area (Å²) in [6.45, 7) is 3.61. The standard InChI is InChI=1S/C13H23N3O5.CHNO/c1-4-8(17)11(20-3)10-6(2)7(16-13(14)15)5-9(21-10)12(18)19;2-1-3/h5-8,10-11,17H,4H2,1-3H3,(H,18,19)(H4,14,15,16);3H/t6-,7+,8-,10-,11-;/m1./s1. The lowest BCUT2D eigenvalue weighted by molar-refractivity contribution is -0.148. The number of aliphatic carboxylic acids is 1. The fourth-order valence-corrected chi connectivity index (χ4v) is 2.35. The van der Waals surface area contributed by atoms with Crippen molar-refractivity contribution in [2.75, 3.05) is 7.11 Å². The number of nitrogens with two attached hydrogens (primary N) is 2. The third-order valence-corrected chi connectivity index (χ3v) is 3.54. The van der Waals surface area contributed by atoms with Crippen LogP contribution in [0.3, 0.4) is 0 Å². The summed E-state index contributed by atoms with van der Waals surface area (Å²) in [7, 11) is 1.44. The number of nitriles is 1. The molecule has 5 atom stereocenters. The fourth-order valence-electron chi connectivity index (χ4n) is 2.35. The average molecular weight is 344 g/mol. The summed E-state index contributed by atoms with van der Waals surface area (Å²) < 4.78 is 10.8. The minimum absolute atomic E-state index is 0.140. The Bertz CT molecular complexity index is 512. The summed E-state index contributed by atoms with van der Waals surface area (Å²) in [5, 5.41) is 32.9. The molecule has 0 unspecified atom stereocenters. The van der Waals surface area contributed by atoms with Crippen molar-refractivity contribution in [2.45, 2.75) is 44.6 Å². The van der Waals surface area contributed by atoms with Crippen LogP contribution >= 0.6 is 0 Å². The first kappa shape index (κ1) is 21.5. The fraction of sp³-hybridized carbons (Fsp3) is 0.643. The summed E-state index contributed by atoms with van der Waals surface area (Å²) in [6, 6.07) is -0.554. The van der Waals surface area contributed by atoms with Gasteiger partial charge in [-0.1, -0.05) is 13.8 Å². The number of nitrogens with zero attached hydrogens (tertiary/aromatic N) is 2. The number of hydrogen-bond acceptors (Lipinski definition) is 7. The van der Waals surface area contributed by atoms with E-state index in [4.69, 9.17) is 36.4 Å². The number of carboxylic acids is 1. The zero-order valence-electron chi connectivity index (χ0n) is 13.8. The highest BCUT2D eigenvalue weighted by Crippen LogP contribution is 2.30. The first-order valence-corrected chi connectivity index (χ1v) is 7.17. The summed E-state index contributed by atoms with van der Waals surface area (Å²) in [4.78, 5) is 15.2. The van der Waals surface area contributed by atoms with Crippen molar-refractivity contribution >= 4 is 11.9 Å². The highest BCUT2D eigenvalue weighted by atomic mass is 16.6. The molecule has 0 spiro atoms. The van der Waals surface area contributed by atoms with Crippen LogP contribution < -0.4 is 11.5 Å². The van der Waals surface area contributed by atoms with E-state index in [1.54, 1.807) is 6.92 Å². The minimum Gasteiger partial charge on any atom is -0.480 e. The van der Waals surface area contributed by atoms with Crippen LogP contribution in [-0.2, 0) is 14.3 Å². The van der Waals surface area contributed by atoms with Gasteiger partial charge < -0.3 is 36.3 Å². The maximum atomic E-state index is 11.2. The number of aliphatic hydroxyl groups excluding tert-OH is 2. The number of carbonyl (C=O) groups is 1. The number of guanidine groups is 1. The van der Waals surface area contributed by atoms with Crippen LogP contribution in [0.2, 0.25) is 0 Å². The molecule has 0 saturated carbocycles. The summed E-state index contributed by atoms with van der Waals surface area (Å²) >= 11 is 0.